The monoisotopic (exact) mass is 269 g/mol. The molecule has 0 fully saturated rings. The van der Waals surface area contributed by atoms with E-state index in [0.717, 1.165) is 29.1 Å². The maximum atomic E-state index is 4.54. The number of nitrogens with one attached hydrogen (secondary N) is 1. The van der Waals surface area contributed by atoms with Gasteiger partial charge in [-0.3, -0.25) is 4.68 Å². The molecule has 2 aromatic heterocycles. The van der Waals surface area contributed by atoms with E-state index in [2.05, 4.69) is 25.9 Å². The van der Waals surface area contributed by atoms with Gasteiger partial charge in [0, 0.05) is 30.9 Å². The van der Waals surface area contributed by atoms with Crippen molar-refractivity contribution < 1.29 is 0 Å². The van der Waals surface area contributed by atoms with Gasteiger partial charge < -0.3 is 5.32 Å². The van der Waals surface area contributed by atoms with E-state index in [1.165, 1.54) is 0 Å². The van der Waals surface area contributed by atoms with Crippen LogP contribution in [0.15, 0.2) is 36.8 Å². The van der Waals surface area contributed by atoms with Gasteiger partial charge in [-0.05, 0) is 29.6 Å². The van der Waals surface area contributed by atoms with Gasteiger partial charge in [0.05, 0.1) is 11.4 Å². The average Bonchev–Trinajstić information content (AvgIpc) is 3.09. The third-order valence-corrected chi connectivity index (χ3v) is 3.00. The van der Waals surface area contributed by atoms with Crippen LogP contribution in [-0.2, 0) is 13.6 Å². The van der Waals surface area contributed by atoms with Gasteiger partial charge in [0.2, 0.25) is 0 Å². The molecule has 0 unspecified atom stereocenters. The fourth-order valence-electron chi connectivity index (χ4n) is 2.18. The van der Waals surface area contributed by atoms with Gasteiger partial charge in [-0.1, -0.05) is 12.1 Å². The van der Waals surface area contributed by atoms with Crippen molar-refractivity contribution in [2.45, 2.75) is 6.54 Å². The Hall–Kier alpha value is -2.54. The second-order valence-electron chi connectivity index (χ2n) is 4.51. The van der Waals surface area contributed by atoms with Crippen molar-refractivity contribution in [1.29, 1.82) is 0 Å². The third kappa shape index (κ3) is 2.30. The zero-order valence-electron chi connectivity index (χ0n) is 11.4. The minimum Gasteiger partial charge on any atom is -0.316 e. The SMILES string of the molecule is CNCc1cn(C)nc1-c1cccc(-n2cnnn2)c1. The summed E-state index contributed by atoms with van der Waals surface area (Å²) in [6, 6.07) is 8.00. The Bertz CT molecular complexity index is 699. The van der Waals surface area contributed by atoms with E-state index in [4.69, 9.17) is 0 Å². The molecule has 0 radical (unpaired) electrons. The van der Waals surface area contributed by atoms with Crippen molar-refractivity contribution in [3.05, 3.63) is 42.4 Å². The first-order chi connectivity index (χ1) is 9.78. The van der Waals surface area contributed by atoms with E-state index in [0.29, 0.717) is 0 Å². The van der Waals surface area contributed by atoms with Gasteiger partial charge in [-0.25, -0.2) is 4.68 Å². The highest BCUT2D eigenvalue weighted by molar-refractivity contribution is 5.65. The molecule has 1 aromatic carbocycles. The van der Waals surface area contributed by atoms with Crippen LogP contribution in [0.2, 0.25) is 0 Å². The molecule has 1 N–H and O–H groups in total. The molecule has 0 aliphatic carbocycles. The summed E-state index contributed by atoms with van der Waals surface area (Å²) in [5, 5.41) is 18.9. The number of benzene rings is 1. The lowest BCUT2D eigenvalue weighted by Gasteiger charge is -2.04. The molecular formula is C13H15N7. The molecular weight excluding hydrogens is 254 g/mol. The number of aromatic nitrogens is 6. The van der Waals surface area contributed by atoms with E-state index in [9.17, 15) is 0 Å². The van der Waals surface area contributed by atoms with Crippen LogP contribution in [0.3, 0.4) is 0 Å². The number of nitrogens with zero attached hydrogens (tertiary/aromatic N) is 6. The second kappa shape index (κ2) is 5.22. The normalized spacial score (nSPS) is 10.9. The summed E-state index contributed by atoms with van der Waals surface area (Å²) in [7, 11) is 3.85. The van der Waals surface area contributed by atoms with Crippen LogP contribution in [0.4, 0.5) is 0 Å². The highest BCUT2D eigenvalue weighted by Crippen LogP contribution is 2.23. The Balaban J connectivity index is 2.04. The van der Waals surface area contributed by atoms with Crippen LogP contribution in [0, 0.1) is 0 Å². The molecule has 7 heteroatoms. The van der Waals surface area contributed by atoms with Crippen molar-refractivity contribution in [1.82, 2.24) is 35.3 Å². The predicted molar refractivity (Wildman–Crippen MR) is 74.1 cm³/mol. The summed E-state index contributed by atoms with van der Waals surface area (Å²) in [6.45, 7) is 0.776. The van der Waals surface area contributed by atoms with Gasteiger partial charge in [0.25, 0.3) is 0 Å². The quantitative estimate of drug-likeness (QED) is 0.757. The Kier molecular flexibility index (Phi) is 3.26. The fraction of sp³-hybridized carbons (Fsp3) is 0.231. The van der Waals surface area contributed by atoms with Gasteiger partial charge in [0.15, 0.2) is 0 Å². The zero-order chi connectivity index (χ0) is 13.9. The number of tetrazole rings is 1. The molecule has 0 atom stereocenters. The van der Waals surface area contributed by atoms with Crippen molar-refractivity contribution >= 4 is 0 Å². The maximum absolute atomic E-state index is 4.54. The van der Waals surface area contributed by atoms with Crippen molar-refractivity contribution in [2.24, 2.45) is 7.05 Å². The van der Waals surface area contributed by atoms with Crippen LogP contribution >= 0.6 is 0 Å². The molecule has 3 aromatic rings. The molecule has 3 rings (SSSR count). The second-order valence-corrected chi connectivity index (χ2v) is 4.51. The van der Waals surface area contributed by atoms with Crippen LogP contribution in [-0.4, -0.2) is 37.0 Å². The smallest absolute Gasteiger partial charge is 0.143 e. The molecule has 102 valence electrons. The van der Waals surface area contributed by atoms with Crippen molar-refractivity contribution in [2.75, 3.05) is 7.05 Å². The first-order valence-corrected chi connectivity index (χ1v) is 6.29. The van der Waals surface area contributed by atoms with Gasteiger partial charge >= 0.3 is 0 Å². The Morgan fingerprint density at radius 2 is 2.20 bits per heavy atom. The minimum atomic E-state index is 0.776. The number of aryl methyl sites for hydroxylation is 1. The van der Waals surface area contributed by atoms with Crippen LogP contribution in [0.5, 0.6) is 0 Å². The summed E-state index contributed by atoms with van der Waals surface area (Å²) in [5.74, 6) is 0. The first-order valence-electron chi connectivity index (χ1n) is 6.29. The van der Waals surface area contributed by atoms with Crippen LogP contribution in [0.25, 0.3) is 16.9 Å². The van der Waals surface area contributed by atoms with E-state index < -0.39 is 0 Å². The molecule has 0 amide bonds. The van der Waals surface area contributed by atoms with Gasteiger partial charge in [-0.2, -0.15) is 5.10 Å². The molecule has 0 spiro atoms. The molecule has 0 aliphatic heterocycles. The molecule has 0 saturated carbocycles. The van der Waals surface area contributed by atoms with E-state index in [-0.39, 0.29) is 0 Å². The molecule has 0 saturated heterocycles. The lowest BCUT2D eigenvalue weighted by atomic mass is 10.1. The van der Waals surface area contributed by atoms with Crippen molar-refractivity contribution in [3.63, 3.8) is 0 Å². The van der Waals surface area contributed by atoms with Crippen molar-refractivity contribution in [3.8, 4) is 16.9 Å². The summed E-state index contributed by atoms with van der Waals surface area (Å²) in [5.41, 5.74) is 4.08. The van der Waals surface area contributed by atoms with Crippen LogP contribution in [0.1, 0.15) is 5.56 Å². The molecule has 20 heavy (non-hydrogen) atoms. The molecule has 2 heterocycles. The standard InChI is InChI=1S/C13H15N7/c1-14-7-11-8-19(2)16-13(11)10-4-3-5-12(6-10)20-9-15-17-18-20/h3-6,8-9,14H,7H2,1-2H3. The van der Waals surface area contributed by atoms with E-state index in [1.807, 2.05) is 49.2 Å². The predicted octanol–water partition coefficient (Wildman–Crippen LogP) is 0.782. The van der Waals surface area contributed by atoms with Gasteiger partial charge in [0.1, 0.15) is 6.33 Å². The van der Waals surface area contributed by atoms with E-state index in [1.54, 1.807) is 11.0 Å². The molecule has 0 aliphatic rings. The number of rotatable bonds is 4. The Morgan fingerprint density at radius 3 is 2.95 bits per heavy atom. The topological polar surface area (TPSA) is 73.5 Å². The summed E-state index contributed by atoms with van der Waals surface area (Å²) < 4.78 is 3.45. The highest BCUT2D eigenvalue weighted by atomic mass is 15.5. The fourth-order valence-corrected chi connectivity index (χ4v) is 2.18. The average molecular weight is 269 g/mol. The Labute approximate surface area is 116 Å². The summed E-state index contributed by atoms with van der Waals surface area (Å²) >= 11 is 0. The lowest BCUT2D eigenvalue weighted by molar-refractivity contribution is 0.765. The Morgan fingerprint density at radius 1 is 1.30 bits per heavy atom. The maximum Gasteiger partial charge on any atom is 0.143 e. The summed E-state index contributed by atoms with van der Waals surface area (Å²) in [4.78, 5) is 0. The van der Waals surface area contributed by atoms with E-state index >= 15 is 0 Å². The van der Waals surface area contributed by atoms with Gasteiger partial charge in [-0.15, -0.1) is 5.10 Å². The first kappa shape index (κ1) is 12.5. The van der Waals surface area contributed by atoms with Crippen LogP contribution < -0.4 is 5.32 Å². The lowest BCUT2D eigenvalue weighted by Crippen LogP contribution is -2.05. The number of hydrogen-bond donors (Lipinski definition) is 1. The number of hydrogen-bond acceptors (Lipinski definition) is 5. The third-order valence-electron chi connectivity index (χ3n) is 3.00. The minimum absolute atomic E-state index is 0.776. The summed E-state index contributed by atoms with van der Waals surface area (Å²) in [6.07, 6.45) is 3.60. The largest absolute Gasteiger partial charge is 0.316 e. The highest BCUT2D eigenvalue weighted by Gasteiger charge is 2.10. The molecule has 0 bridgehead atoms. The zero-order valence-corrected chi connectivity index (χ0v) is 11.4. The molecule has 7 nitrogen and oxygen atoms in total.